The molecule has 0 unspecified atom stereocenters. The number of carbonyl (C=O) groups is 3. The number of thioether (sulfide) groups is 1. The van der Waals surface area contributed by atoms with Gasteiger partial charge in [0.05, 0.1) is 20.3 Å². The third-order valence-electron chi connectivity index (χ3n) is 7.72. The molecule has 10 nitrogen and oxygen atoms in total. The summed E-state index contributed by atoms with van der Waals surface area (Å²) in [5.41, 5.74) is 3.45. The number of nitrogens with zero attached hydrogens (tertiary/aromatic N) is 3. The summed E-state index contributed by atoms with van der Waals surface area (Å²) < 4.78 is 6.65. The fourth-order valence-electron chi connectivity index (χ4n) is 5.16. The van der Waals surface area contributed by atoms with E-state index in [2.05, 4.69) is 39.5 Å². The summed E-state index contributed by atoms with van der Waals surface area (Å²) in [6, 6.07) is 30.1. The summed E-state index contributed by atoms with van der Waals surface area (Å²) in [4.78, 5) is 57.0. The molecule has 0 bridgehead atoms. The highest BCUT2D eigenvalue weighted by Gasteiger charge is 2.35. The molecule has 0 spiro atoms. The molecule has 0 fully saturated rings. The van der Waals surface area contributed by atoms with Crippen LogP contribution in [-0.4, -0.2) is 38.5 Å². The van der Waals surface area contributed by atoms with E-state index in [1.165, 1.54) is 23.1 Å². The van der Waals surface area contributed by atoms with Crippen LogP contribution < -0.4 is 10.1 Å². The van der Waals surface area contributed by atoms with Gasteiger partial charge in [-0.1, -0.05) is 103 Å². The summed E-state index contributed by atoms with van der Waals surface area (Å²) >= 11 is 3.09. The summed E-state index contributed by atoms with van der Waals surface area (Å²) in [6.45, 7) is 5.67. The molecule has 4 aromatic carbocycles. The van der Waals surface area contributed by atoms with Crippen LogP contribution in [0.3, 0.4) is 0 Å². The molecule has 262 valence electrons. The van der Waals surface area contributed by atoms with Gasteiger partial charge < -0.3 is 10.1 Å². The summed E-state index contributed by atoms with van der Waals surface area (Å²) in [7, 11) is 0. The number of carbonyl (C=O) groups excluding carboxylic acids is 3. The van der Waals surface area contributed by atoms with Crippen molar-refractivity contribution in [2.24, 2.45) is 4.99 Å². The third kappa shape index (κ3) is 9.59. The standard InChI is InChI=1S/C40H33IN4O6S/c1-3-5-16-31(4-2)44-39(48)33(23-28-19-22-35(34(41)24-28)51-25-27-17-20-32(21-18-27)45(49)50)38(47)43-40(44)52-26-36(46)42-37(29-12-8-6-9-13-29)30-14-10-7-11-15-30/h3-24,37H,1,25-26H2,2H3,(H,42,46)/b16-5-,31-4+,33-23+. The SMILES string of the molecule is C=C/C=C\C(=C/C)N1C(=O)/C(=C/c2ccc(OCc3ccc([N+](=O)[O-])cc3)c(I)c2)C(=O)N=C1SCC(=O)NC(c1ccccc1)c1ccccc1. The van der Waals surface area contributed by atoms with Gasteiger partial charge in [-0.15, -0.1) is 0 Å². The number of ether oxygens (including phenoxy) is 1. The number of non-ortho nitro benzene ring substituents is 1. The number of hydrogen-bond acceptors (Lipinski definition) is 7. The molecule has 0 saturated heterocycles. The van der Waals surface area contributed by atoms with Gasteiger partial charge in [-0.2, -0.15) is 4.99 Å². The van der Waals surface area contributed by atoms with E-state index in [-0.39, 0.29) is 34.7 Å². The lowest BCUT2D eigenvalue weighted by Crippen LogP contribution is -2.42. The van der Waals surface area contributed by atoms with E-state index >= 15 is 0 Å². The van der Waals surface area contributed by atoms with Gasteiger partial charge in [0.1, 0.15) is 17.9 Å². The monoisotopic (exact) mass is 824 g/mol. The molecule has 1 N–H and O–H groups in total. The maximum Gasteiger partial charge on any atom is 0.285 e. The second kappa shape index (κ2) is 18.1. The van der Waals surface area contributed by atoms with Crippen molar-refractivity contribution < 1.29 is 24.0 Å². The number of halogens is 1. The van der Waals surface area contributed by atoms with E-state index in [9.17, 15) is 24.5 Å². The van der Waals surface area contributed by atoms with E-state index in [0.29, 0.717) is 17.0 Å². The zero-order chi connectivity index (χ0) is 37.0. The van der Waals surface area contributed by atoms with Crippen molar-refractivity contribution in [3.05, 3.63) is 181 Å². The lowest BCUT2D eigenvalue weighted by molar-refractivity contribution is -0.384. The first kappa shape index (κ1) is 37.7. The number of amidine groups is 1. The molecule has 12 heteroatoms. The van der Waals surface area contributed by atoms with E-state index in [1.54, 1.807) is 61.6 Å². The molecule has 4 aromatic rings. The van der Waals surface area contributed by atoms with Gasteiger partial charge in [0.25, 0.3) is 17.5 Å². The Labute approximate surface area is 319 Å². The maximum atomic E-state index is 14.1. The number of nitro groups is 1. The Morgan fingerprint density at radius 1 is 1.02 bits per heavy atom. The van der Waals surface area contributed by atoms with Crippen LogP contribution in [0.1, 0.15) is 35.2 Å². The van der Waals surface area contributed by atoms with Crippen molar-refractivity contribution in [1.82, 2.24) is 10.2 Å². The topological polar surface area (TPSA) is 131 Å². The predicted octanol–water partition coefficient (Wildman–Crippen LogP) is 8.17. The van der Waals surface area contributed by atoms with E-state index in [0.717, 1.165) is 32.0 Å². The molecular weight excluding hydrogens is 791 g/mol. The van der Waals surface area contributed by atoms with Crippen molar-refractivity contribution in [1.29, 1.82) is 0 Å². The van der Waals surface area contributed by atoms with E-state index in [4.69, 9.17) is 4.74 Å². The molecule has 5 rings (SSSR count). The molecule has 52 heavy (non-hydrogen) atoms. The number of benzene rings is 4. The Bertz CT molecular complexity index is 2060. The van der Waals surface area contributed by atoms with Crippen molar-refractivity contribution in [2.45, 2.75) is 19.6 Å². The van der Waals surface area contributed by atoms with E-state index in [1.807, 2.05) is 60.7 Å². The number of aliphatic imine (C=N–C) groups is 1. The van der Waals surface area contributed by atoms with Crippen molar-refractivity contribution >= 4 is 69.0 Å². The Kier molecular flexibility index (Phi) is 13.1. The molecular formula is C40H33IN4O6S. The first-order chi connectivity index (χ1) is 25.2. The normalized spacial score (nSPS) is 14.1. The fraction of sp³-hybridized carbons (Fsp3) is 0.100. The largest absolute Gasteiger partial charge is 0.488 e. The van der Waals surface area contributed by atoms with Crippen LogP contribution in [0, 0.1) is 13.7 Å². The van der Waals surface area contributed by atoms with Crippen LogP contribution in [0.2, 0.25) is 0 Å². The fourth-order valence-corrected chi connectivity index (χ4v) is 6.66. The zero-order valence-electron chi connectivity index (χ0n) is 28.0. The van der Waals surface area contributed by atoms with Crippen LogP contribution >= 0.6 is 34.4 Å². The quantitative estimate of drug-likeness (QED) is 0.0360. The lowest BCUT2D eigenvalue weighted by atomic mass is 9.99. The Morgan fingerprint density at radius 3 is 2.25 bits per heavy atom. The highest BCUT2D eigenvalue weighted by atomic mass is 127. The minimum Gasteiger partial charge on any atom is -0.488 e. The molecule has 0 aliphatic carbocycles. The minimum atomic E-state index is -0.729. The number of nitro benzene ring substituents is 1. The summed E-state index contributed by atoms with van der Waals surface area (Å²) in [5.74, 6) is -1.17. The summed E-state index contributed by atoms with van der Waals surface area (Å²) in [6.07, 6.45) is 8.10. The molecule has 0 radical (unpaired) electrons. The molecule has 3 amide bonds. The van der Waals surface area contributed by atoms with Crippen molar-refractivity contribution in [2.75, 3.05) is 5.75 Å². The van der Waals surface area contributed by atoms with Gasteiger partial charge in [-0.05, 0) is 88.2 Å². The van der Waals surface area contributed by atoms with Gasteiger partial charge in [-0.3, -0.25) is 29.4 Å². The van der Waals surface area contributed by atoms with Gasteiger partial charge in [0.15, 0.2) is 5.17 Å². The number of rotatable bonds is 13. The molecule has 1 heterocycles. The zero-order valence-corrected chi connectivity index (χ0v) is 31.0. The number of allylic oxidation sites excluding steroid dienone is 4. The predicted molar refractivity (Wildman–Crippen MR) is 212 cm³/mol. The molecule has 0 atom stereocenters. The lowest BCUT2D eigenvalue weighted by Gasteiger charge is -2.28. The Hall–Kier alpha value is -5.60. The highest BCUT2D eigenvalue weighted by Crippen LogP contribution is 2.29. The van der Waals surface area contributed by atoms with Crippen LogP contribution in [-0.2, 0) is 21.0 Å². The number of nitrogens with one attached hydrogen (secondary N) is 1. The summed E-state index contributed by atoms with van der Waals surface area (Å²) in [5, 5.41) is 14.1. The first-order valence-electron chi connectivity index (χ1n) is 16.0. The van der Waals surface area contributed by atoms with Crippen LogP contribution in [0.4, 0.5) is 5.69 Å². The average Bonchev–Trinajstić information content (AvgIpc) is 3.16. The molecule has 0 saturated carbocycles. The smallest absolute Gasteiger partial charge is 0.285 e. The number of hydrogen-bond donors (Lipinski definition) is 1. The van der Waals surface area contributed by atoms with Gasteiger partial charge in [0.2, 0.25) is 5.91 Å². The van der Waals surface area contributed by atoms with Gasteiger partial charge >= 0.3 is 0 Å². The van der Waals surface area contributed by atoms with Crippen LogP contribution in [0.5, 0.6) is 5.75 Å². The molecule has 1 aliphatic rings. The second-order valence-electron chi connectivity index (χ2n) is 11.2. The second-order valence-corrected chi connectivity index (χ2v) is 13.3. The molecule has 0 aromatic heterocycles. The van der Waals surface area contributed by atoms with E-state index < -0.39 is 22.8 Å². The van der Waals surface area contributed by atoms with Crippen molar-refractivity contribution in [3.63, 3.8) is 0 Å². The minimum absolute atomic E-state index is 0.00396. The van der Waals surface area contributed by atoms with Gasteiger partial charge in [0, 0.05) is 17.8 Å². The third-order valence-corrected chi connectivity index (χ3v) is 9.50. The first-order valence-corrected chi connectivity index (χ1v) is 18.1. The number of amides is 3. The van der Waals surface area contributed by atoms with Gasteiger partial charge in [-0.25, -0.2) is 0 Å². The molecule has 1 aliphatic heterocycles. The Morgan fingerprint density at radius 2 is 1.67 bits per heavy atom. The Balaban J connectivity index is 1.35. The average molecular weight is 825 g/mol. The van der Waals surface area contributed by atoms with Crippen molar-refractivity contribution in [3.8, 4) is 5.75 Å². The maximum absolute atomic E-state index is 14.1. The van der Waals surface area contributed by atoms with Crippen LogP contribution in [0.25, 0.3) is 6.08 Å². The highest BCUT2D eigenvalue weighted by molar-refractivity contribution is 14.1. The van der Waals surface area contributed by atoms with Crippen LogP contribution in [0.15, 0.2) is 150 Å².